The molecule has 0 aromatic carbocycles. The van der Waals surface area contributed by atoms with Gasteiger partial charge in [-0.15, -0.1) is 0 Å². The fraction of sp³-hybridized carbons (Fsp3) is 0.545. The fourth-order valence-electron chi connectivity index (χ4n) is 1.46. The van der Waals surface area contributed by atoms with Gasteiger partial charge in [-0.1, -0.05) is 24.6 Å². The number of aliphatic hydroxyl groups is 1. The molecule has 0 saturated heterocycles. The van der Waals surface area contributed by atoms with E-state index >= 15 is 0 Å². The van der Waals surface area contributed by atoms with Gasteiger partial charge in [-0.3, -0.25) is 0 Å². The Labute approximate surface area is 95.5 Å². The van der Waals surface area contributed by atoms with Crippen molar-refractivity contribution in [1.29, 1.82) is 0 Å². The van der Waals surface area contributed by atoms with Gasteiger partial charge in [0.1, 0.15) is 5.15 Å². The molecule has 3 nitrogen and oxygen atoms in total. The van der Waals surface area contributed by atoms with Gasteiger partial charge in [0, 0.05) is 23.8 Å². The van der Waals surface area contributed by atoms with E-state index in [2.05, 4.69) is 10.3 Å². The van der Waals surface area contributed by atoms with Gasteiger partial charge in [-0.25, -0.2) is 4.98 Å². The third-order valence-electron chi connectivity index (χ3n) is 2.45. The Morgan fingerprint density at radius 3 is 2.87 bits per heavy atom. The number of rotatable bonds is 5. The van der Waals surface area contributed by atoms with E-state index < -0.39 is 0 Å². The maximum absolute atomic E-state index is 9.08. The lowest BCUT2D eigenvalue weighted by Gasteiger charge is -2.21. The molecule has 0 aliphatic rings. The van der Waals surface area contributed by atoms with Gasteiger partial charge < -0.3 is 10.4 Å². The van der Waals surface area contributed by atoms with Crippen molar-refractivity contribution in [3.05, 3.63) is 29.0 Å². The minimum absolute atomic E-state index is 0.100. The predicted molar refractivity (Wildman–Crippen MR) is 62.0 cm³/mol. The first-order valence-corrected chi connectivity index (χ1v) is 5.54. The number of hydrogen-bond donors (Lipinski definition) is 2. The molecule has 2 atom stereocenters. The summed E-state index contributed by atoms with van der Waals surface area (Å²) in [6, 6.07) is 4.01. The van der Waals surface area contributed by atoms with Gasteiger partial charge in [0.15, 0.2) is 0 Å². The monoisotopic (exact) mass is 228 g/mol. The van der Waals surface area contributed by atoms with Crippen molar-refractivity contribution in [3.8, 4) is 0 Å². The van der Waals surface area contributed by atoms with Crippen LogP contribution in [-0.2, 0) is 0 Å². The van der Waals surface area contributed by atoms with Crippen LogP contribution in [-0.4, -0.2) is 22.7 Å². The largest absolute Gasteiger partial charge is 0.395 e. The molecule has 0 bridgehead atoms. The Balaban J connectivity index is 2.68. The number of aliphatic hydroxyl groups excluding tert-OH is 1. The minimum atomic E-state index is 0.100. The van der Waals surface area contributed by atoms with Crippen LogP contribution in [0.1, 0.15) is 31.9 Å². The smallest absolute Gasteiger partial charge is 0.133 e. The SMILES string of the molecule is CC[C@H](CO)NC(C)c1cccnc1Cl. The zero-order chi connectivity index (χ0) is 11.3. The summed E-state index contributed by atoms with van der Waals surface area (Å²) >= 11 is 5.98. The first-order valence-electron chi connectivity index (χ1n) is 5.16. The Morgan fingerprint density at radius 1 is 1.60 bits per heavy atom. The van der Waals surface area contributed by atoms with Crippen molar-refractivity contribution in [1.82, 2.24) is 10.3 Å². The highest BCUT2D eigenvalue weighted by atomic mass is 35.5. The third kappa shape index (κ3) is 3.45. The summed E-state index contributed by atoms with van der Waals surface area (Å²) in [4.78, 5) is 4.02. The van der Waals surface area contributed by atoms with E-state index in [1.807, 2.05) is 26.0 Å². The molecule has 1 aromatic heterocycles. The molecule has 0 aliphatic heterocycles. The zero-order valence-corrected chi connectivity index (χ0v) is 9.83. The second kappa shape index (κ2) is 6.05. The number of aromatic nitrogens is 1. The molecule has 1 rings (SSSR count). The van der Waals surface area contributed by atoms with Crippen LogP contribution >= 0.6 is 11.6 Å². The maximum Gasteiger partial charge on any atom is 0.133 e. The van der Waals surface area contributed by atoms with Gasteiger partial charge in [0.05, 0.1) is 6.61 Å². The summed E-state index contributed by atoms with van der Waals surface area (Å²) in [5.74, 6) is 0. The first kappa shape index (κ1) is 12.4. The molecule has 0 amide bonds. The number of nitrogens with one attached hydrogen (secondary N) is 1. The molecule has 0 aliphatic carbocycles. The van der Waals surface area contributed by atoms with Crippen LogP contribution in [0, 0.1) is 0 Å². The minimum Gasteiger partial charge on any atom is -0.395 e. The number of pyridine rings is 1. The van der Waals surface area contributed by atoms with Gasteiger partial charge in [-0.05, 0) is 19.4 Å². The van der Waals surface area contributed by atoms with E-state index in [9.17, 15) is 0 Å². The second-order valence-corrected chi connectivity index (χ2v) is 3.92. The molecule has 0 fully saturated rings. The van der Waals surface area contributed by atoms with Gasteiger partial charge >= 0.3 is 0 Å². The van der Waals surface area contributed by atoms with Crippen molar-refractivity contribution < 1.29 is 5.11 Å². The molecule has 0 saturated carbocycles. The van der Waals surface area contributed by atoms with Crippen molar-refractivity contribution >= 4 is 11.6 Å². The quantitative estimate of drug-likeness (QED) is 0.760. The molecule has 0 radical (unpaired) electrons. The highest BCUT2D eigenvalue weighted by Crippen LogP contribution is 2.20. The zero-order valence-electron chi connectivity index (χ0n) is 9.07. The van der Waals surface area contributed by atoms with Gasteiger partial charge in [0.25, 0.3) is 0 Å². The summed E-state index contributed by atoms with van der Waals surface area (Å²) in [5.41, 5.74) is 0.964. The van der Waals surface area contributed by atoms with E-state index in [0.29, 0.717) is 5.15 Å². The van der Waals surface area contributed by atoms with Crippen LogP contribution in [0.3, 0.4) is 0 Å². The number of hydrogen-bond acceptors (Lipinski definition) is 3. The number of nitrogens with zero attached hydrogens (tertiary/aromatic N) is 1. The van der Waals surface area contributed by atoms with Crippen LogP contribution in [0.5, 0.6) is 0 Å². The molecular formula is C11H17ClN2O. The third-order valence-corrected chi connectivity index (χ3v) is 2.77. The van der Waals surface area contributed by atoms with Gasteiger partial charge in [0.2, 0.25) is 0 Å². The van der Waals surface area contributed by atoms with Crippen LogP contribution < -0.4 is 5.32 Å². The summed E-state index contributed by atoms with van der Waals surface area (Å²) in [6.07, 6.45) is 2.56. The van der Waals surface area contributed by atoms with E-state index in [-0.39, 0.29) is 18.7 Å². The van der Waals surface area contributed by atoms with Crippen LogP contribution in [0.25, 0.3) is 0 Å². The summed E-state index contributed by atoms with van der Waals surface area (Å²) in [7, 11) is 0. The lowest BCUT2D eigenvalue weighted by Crippen LogP contribution is -2.34. The molecule has 1 aromatic rings. The van der Waals surface area contributed by atoms with Crippen molar-refractivity contribution in [2.24, 2.45) is 0 Å². The molecule has 15 heavy (non-hydrogen) atoms. The predicted octanol–water partition coefficient (Wildman–Crippen LogP) is 2.16. The summed E-state index contributed by atoms with van der Waals surface area (Å²) < 4.78 is 0. The fourth-order valence-corrected chi connectivity index (χ4v) is 1.75. The maximum atomic E-state index is 9.08. The molecule has 2 N–H and O–H groups in total. The summed E-state index contributed by atoms with van der Waals surface area (Å²) in [6.45, 7) is 4.19. The summed E-state index contributed by atoms with van der Waals surface area (Å²) in [5, 5.41) is 12.9. The average molecular weight is 229 g/mol. The Kier molecular flexibility index (Phi) is 5.02. The highest BCUT2D eigenvalue weighted by Gasteiger charge is 2.13. The van der Waals surface area contributed by atoms with E-state index in [4.69, 9.17) is 16.7 Å². The molecule has 84 valence electrons. The first-order chi connectivity index (χ1) is 7.19. The Hall–Kier alpha value is -0.640. The van der Waals surface area contributed by atoms with Crippen LogP contribution in [0.15, 0.2) is 18.3 Å². The normalized spacial score (nSPS) is 14.9. The molecular weight excluding hydrogens is 212 g/mol. The van der Waals surface area contributed by atoms with Gasteiger partial charge in [-0.2, -0.15) is 0 Å². The van der Waals surface area contributed by atoms with Crippen molar-refractivity contribution in [2.45, 2.75) is 32.4 Å². The lowest BCUT2D eigenvalue weighted by molar-refractivity contribution is 0.230. The van der Waals surface area contributed by atoms with Crippen LogP contribution in [0.4, 0.5) is 0 Å². The Morgan fingerprint density at radius 2 is 2.33 bits per heavy atom. The molecule has 4 heteroatoms. The topological polar surface area (TPSA) is 45.1 Å². The highest BCUT2D eigenvalue weighted by molar-refractivity contribution is 6.30. The Bertz CT molecular complexity index is 302. The van der Waals surface area contributed by atoms with E-state index in [0.717, 1.165) is 12.0 Å². The average Bonchev–Trinajstić information content (AvgIpc) is 2.26. The van der Waals surface area contributed by atoms with Crippen molar-refractivity contribution in [2.75, 3.05) is 6.61 Å². The standard InChI is InChI=1S/C11H17ClN2O/c1-3-9(7-15)14-8(2)10-5-4-6-13-11(10)12/h4-6,8-9,14-15H,3,7H2,1-2H3/t8?,9-/m1/s1. The lowest BCUT2D eigenvalue weighted by atomic mass is 10.1. The molecule has 1 heterocycles. The van der Waals surface area contributed by atoms with E-state index in [1.54, 1.807) is 6.20 Å². The molecule has 1 unspecified atom stereocenters. The molecule has 0 spiro atoms. The number of halogens is 1. The second-order valence-electron chi connectivity index (χ2n) is 3.56. The van der Waals surface area contributed by atoms with Crippen molar-refractivity contribution in [3.63, 3.8) is 0 Å². The van der Waals surface area contributed by atoms with E-state index in [1.165, 1.54) is 0 Å². The van der Waals surface area contributed by atoms with Crippen LogP contribution in [0.2, 0.25) is 5.15 Å².